The van der Waals surface area contributed by atoms with Crippen molar-refractivity contribution >= 4 is 30.1 Å². The van der Waals surface area contributed by atoms with Crippen LogP contribution in [0.5, 0.6) is 0 Å². The SMILES string of the molecule is CCSC1CCC(N(C)C(=O)C(C)(N)c2ccccc2)C1.Cl. The normalized spacial score (nSPS) is 23.5. The van der Waals surface area contributed by atoms with Crippen LogP contribution >= 0.6 is 24.2 Å². The molecule has 1 aliphatic carbocycles. The Hall–Kier alpha value is -0.710. The zero-order valence-corrected chi connectivity index (χ0v) is 15.3. The first-order chi connectivity index (χ1) is 9.96. The van der Waals surface area contributed by atoms with E-state index in [1.165, 1.54) is 6.42 Å². The molecule has 0 heterocycles. The zero-order valence-electron chi connectivity index (χ0n) is 13.6. The van der Waals surface area contributed by atoms with Crippen LogP contribution in [0.2, 0.25) is 0 Å². The summed E-state index contributed by atoms with van der Waals surface area (Å²) in [6, 6.07) is 9.98. The number of hydrogen-bond donors (Lipinski definition) is 1. The highest BCUT2D eigenvalue weighted by molar-refractivity contribution is 7.99. The molecule has 2 rings (SSSR count). The molecule has 1 aliphatic rings. The first-order valence-electron chi connectivity index (χ1n) is 7.70. The van der Waals surface area contributed by atoms with Crippen LogP contribution < -0.4 is 5.73 Å². The van der Waals surface area contributed by atoms with Gasteiger partial charge >= 0.3 is 0 Å². The second kappa shape index (κ2) is 8.23. The highest BCUT2D eigenvalue weighted by Gasteiger charge is 2.38. The maximum absolute atomic E-state index is 12.8. The monoisotopic (exact) mass is 342 g/mol. The summed E-state index contributed by atoms with van der Waals surface area (Å²) in [7, 11) is 1.90. The van der Waals surface area contributed by atoms with Crippen LogP contribution in [0, 0.1) is 0 Å². The van der Waals surface area contributed by atoms with Gasteiger partial charge in [-0.25, -0.2) is 0 Å². The van der Waals surface area contributed by atoms with Crippen molar-refractivity contribution in [1.29, 1.82) is 0 Å². The number of halogens is 1. The average molecular weight is 343 g/mol. The Morgan fingerprint density at radius 3 is 2.59 bits per heavy atom. The van der Waals surface area contributed by atoms with Crippen molar-refractivity contribution < 1.29 is 4.79 Å². The highest BCUT2D eigenvalue weighted by atomic mass is 35.5. The molecule has 3 unspecified atom stereocenters. The van der Waals surface area contributed by atoms with Gasteiger partial charge in [0.25, 0.3) is 0 Å². The largest absolute Gasteiger partial charge is 0.341 e. The Bertz CT molecular complexity index is 481. The summed E-state index contributed by atoms with van der Waals surface area (Å²) in [5.74, 6) is 1.16. The lowest BCUT2D eigenvalue weighted by molar-refractivity contribution is -0.137. The van der Waals surface area contributed by atoms with Crippen molar-refractivity contribution in [2.45, 2.75) is 49.9 Å². The van der Waals surface area contributed by atoms with Crippen molar-refractivity contribution in [1.82, 2.24) is 4.90 Å². The van der Waals surface area contributed by atoms with Gasteiger partial charge in [-0.15, -0.1) is 12.4 Å². The Morgan fingerprint density at radius 1 is 1.36 bits per heavy atom. The quantitative estimate of drug-likeness (QED) is 0.891. The predicted molar refractivity (Wildman–Crippen MR) is 97.6 cm³/mol. The Morgan fingerprint density at radius 2 is 2.00 bits per heavy atom. The van der Waals surface area contributed by atoms with Gasteiger partial charge in [-0.2, -0.15) is 11.8 Å². The summed E-state index contributed by atoms with van der Waals surface area (Å²) in [6.07, 6.45) is 3.38. The molecule has 0 aliphatic heterocycles. The Balaban J connectivity index is 0.00000242. The molecular formula is C17H27ClN2OS. The molecule has 124 valence electrons. The van der Waals surface area contributed by atoms with Crippen LogP contribution in [-0.2, 0) is 10.3 Å². The van der Waals surface area contributed by atoms with Crippen LogP contribution in [0.15, 0.2) is 30.3 Å². The van der Waals surface area contributed by atoms with Crippen LogP contribution in [0.1, 0.15) is 38.7 Å². The fourth-order valence-corrected chi connectivity index (χ4v) is 4.23. The molecule has 0 bridgehead atoms. The lowest BCUT2D eigenvalue weighted by atomic mass is 9.91. The smallest absolute Gasteiger partial charge is 0.246 e. The lowest BCUT2D eigenvalue weighted by Gasteiger charge is -2.33. The first kappa shape index (κ1) is 19.3. The van der Waals surface area contributed by atoms with Crippen LogP contribution in [0.4, 0.5) is 0 Å². The first-order valence-corrected chi connectivity index (χ1v) is 8.75. The van der Waals surface area contributed by atoms with Crippen LogP contribution in [-0.4, -0.2) is 34.9 Å². The third-order valence-corrected chi connectivity index (χ3v) is 5.68. The number of likely N-dealkylation sites (N-methyl/N-ethyl adjacent to an activating group) is 1. The molecule has 3 atom stereocenters. The molecule has 1 saturated carbocycles. The molecule has 0 radical (unpaired) electrons. The number of carbonyl (C=O) groups is 1. The van der Waals surface area contributed by atoms with E-state index >= 15 is 0 Å². The maximum Gasteiger partial charge on any atom is 0.246 e. The van der Waals surface area contributed by atoms with Gasteiger partial charge in [-0.3, -0.25) is 4.79 Å². The lowest BCUT2D eigenvalue weighted by Crippen LogP contribution is -2.52. The summed E-state index contributed by atoms with van der Waals surface area (Å²) < 4.78 is 0. The van der Waals surface area contributed by atoms with E-state index in [1.54, 1.807) is 0 Å². The molecule has 0 spiro atoms. The topological polar surface area (TPSA) is 46.3 Å². The molecule has 22 heavy (non-hydrogen) atoms. The van der Waals surface area contributed by atoms with E-state index in [0.29, 0.717) is 11.3 Å². The fraction of sp³-hybridized carbons (Fsp3) is 0.588. The summed E-state index contributed by atoms with van der Waals surface area (Å²) in [5, 5.41) is 0.691. The van der Waals surface area contributed by atoms with E-state index in [4.69, 9.17) is 5.73 Å². The Labute approximate surface area is 144 Å². The minimum absolute atomic E-state index is 0. The molecule has 2 N–H and O–H groups in total. The van der Waals surface area contributed by atoms with Crippen molar-refractivity contribution in [2.75, 3.05) is 12.8 Å². The summed E-state index contributed by atoms with van der Waals surface area (Å²) in [6.45, 7) is 4.01. The number of rotatable bonds is 5. The van der Waals surface area contributed by atoms with E-state index in [9.17, 15) is 4.79 Å². The third-order valence-electron chi connectivity index (χ3n) is 4.45. The number of thioether (sulfide) groups is 1. The maximum atomic E-state index is 12.8. The van der Waals surface area contributed by atoms with Crippen LogP contribution in [0.3, 0.4) is 0 Å². The predicted octanol–water partition coefficient (Wildman–Crippen LogP) is 3.41. The van der Waals surface area contributed by atoms with Gasteiger partial charge in [0.2, 0.25) is 5.91 Å². The molecule has 5 heteroatoms. The molecule has 3 nitrogen and oxygen atoms in total. The van der Waals surface area contributed by atoms with Crippen molar-refractivity contribution in [3.05, 3.63) is 35.9 Å². The second-order valence-corrected chi connectivity index (χ2v) is 7.61. The molecule has 1 aromatic rings. The highest BCUT2D eigenvalue weighted by Crippen LogP contribution is 2.33. The van der Waals surface area contributed by atoms with Gasteiger partial charge in [0, 0.05) is 18.3 Å². The standard InChI is InChI=1S/C17H26N2OS.ClH/c1-4-21-15-11-10-14(12-15)19(3)16(20)17(2,18)13-8-6-5-7-9-13;/h5-9,14-15H,4,10-12,18H2,1-3H3;1H. The minimum atomic E-state index is -0.952. The van der Waals surface area contributed by atoms with E-state index in [0.717, 1.165) is 24.2 Å². The number of carbonyl (C=O) groups excluding carboxylic acids is 1. The van der Waals surface area contributed by atoms with E-state index in [1.807, 2.05) is 61.0 Å². The number of benzene rings is 1. The van der Waals surface area contributed by atoms with Gasteiger partial charge < -0.3 is 10.6 Å². The number of nitrogens with zero attached hydrogens (tertiary/aromatic N) is 1. The van der Waals surface area contributed by atoms with E-state index in [-0.39, 0.29) is 18.3 Å². The molecule has 1 aromatic carbocycles. The summed E-state index contributed by atoms with van der Waals surface area (Å²) in [5.41, 5.74) is 6.27. The average Bonchev–Trinajstić information content (AvgIpc) is 2.95. The van der Waals surface area contributed by atoms with Gasteiger partial charge in [-0.1, -0.05) is 37.3 Å². The number of hydrogen-bond acceptors (Lipinski definition) is 3. The van der Waals surface area contributed by atoms with Gasteiger partial charge in [0.05, 0.1) is 0 Å². The van der Waals surface area contributed by atoms with Crippen molar-refractivity contribution in [3.8, 4) is 0 Å². The third kappa shape index (κ3) is 4.18. The molecule has 1 fully saturated rings. The van der Waals surface area contributed by atoms with E-state index in [2.05, 4.69) is 6.92 Å². The summed E-state index contributed by atoms with van der Waals surface area (Å²) >= 11 is 2.01. The number of nitrogens with two attached hydrogens (primary N) is 1. The van der Waals surface area contributed by atoms with Gasteiger partial charge in [-0.05, 0) is 37.5 Å². The molecule has 1 amide bonds. The van der Waals surface area contributed by atoms with E-state index < -0.39 is 5.54 Å². The van der Waals surface area contributed by atoms with Crippen molar-refractivity contribution in [3.63, 3.8) is 0 Å². The van der Waals surface area contributed by atoms with Gasteiger partial charge in [0.1, 0.15) is 5.54 Å². The number of amides is 1. The molecular weight excluding hydrogens is 316 g/mol. The zero-order chi connectivity index (χ0) is 15.5. The fourth-order valence-electron chi connectivity index (χ4n) is 3.10. The van der Waals surface area contributed by atoms with Crippen molar-refractivity contribution in [2.24, 2.45) is 5.73 Å². The minimum Gasteiger partial charge on any atom is -0.341 e. The molecule has 0 aromatic heterocycles. The molecule has 0 saturated heterocycles. The second-order valence-electron chi connectivity index (χ2n) is 6.03. The summed E-state index contributed by atoms with van der Waals surface area (Å²) in [4.78, 5) is 14.7. The van der Waals surface area contributed by atoms with Gasteiger partial charge in [0.15, 0.2) is 0 Å². The Kier molecular flexibility index (Phi) is 7.23. The van der Waals surface area contributed by atoms with Crippen LogP contribution in [0.25, 0.3) is 0 Å².